The van der Waals surface area contributed by atoms with E-state index in [0.29, 0.717) is 22.4 Å². The summed E-state index contributed by atoms with van der Waals surface area (Å²) in [7, 11) is 1.49. The van der Waals surface area contributed by atoms with E-state index in [1.165, 1.54) is 13.4 Å². The molecule has 0 saturated carbocycles. The number of carbonyl (C=O) groups is 1. The van der Waals surface area contributed by atoms with Crippen molar-refractivity contribution in [1.82, 2.24) is 19.7 Å². The second-order valence-electron chi connectivity index (χ2n) is 5.98. The van der Waals surface area contributed by atoms with Crippen LogP contribution in [0.15, 0.2) is 48.8 Å². The average molecular weight is 379 g/mol. The molecular weight excluding hydrogens is 362 g/mol. The monoisotopic (exact) mass is 379 g/mol. The SMILES string of the molecule is COC(C)Oc1nn(C(=O)O)c2cccc(Nc3ncnc4ccccc34)c12. The van der Waals surface area contributed by atoms with Crippen LogP contribution in [0.1, 0.15) is 6.92 Å². The van der Waals surface area contributed by atoms with Crippen molar-refractivity contribution in [2.75, 3.05) is 12.4 Å². The number of aromatic nitrogens is 4. The van der Waals surface area contributed by atoms with Crippen LogP contribution in [0.25, 0.3) is 21.8 Å². The summed E-state index contributed by atoms with van der Waals surface area (Å²) in [4.78, 5) is 20.2. The number of hydrogen-bond acceptors (Lipinski definition) is 7. The molecule has 4 aromatic rings. The van der Waals surface area contributed by atoms with Gasteiger partial charge in [-0.3, -0.25) is 0 Å². The number of benzene rings is 2. The van der Waals surface area contributed by atoms with Gasteiger partial charge in [0, 0.05) is 12.5 Å². The van der Waals surface area contributed by atoms with E-state index in [1.54, 1.807) is 25.1 Å². The number of methoxy groups -OCH3 is 1. The van der Waals surface area contributed by atoms with E-state index in [1.807, 2.05) is 24.3 Å². The van der Waals surface area contributed by atoms with Gasteiger partial charge in [-0.15, -0.1) is 5.10 Å². The summed E-state index contributed by atoms with van der Waals surface area (Å²) in [5, 5.41) is 18.2. The minimum Gasteiger partial charge on any atom is -0.463 e. The Kier molecular flexibility index (Phi) is 4.50. The van der Waals surface area contributed by atoms with Crippen LogP contribution in [0.2, 0.25) is 0 Å². The Morgan fingerprint density at radius 2 is 2.00 bits per heavy atom. The largest absolute Gasteiger partial charge is 0.463 e. The maximum Gasteiger partial charge on any atom is 0.432 e. The number of nitrogens with zero attached hydrogens (tertiary/aromatic N) is 4. The first-order valence-corrected chi connectivity index (χ1v) is 8.49. The van der Waals surface area contributed by atoms with Gasteiger partial charge in [-0.2, -0.15) is 4.68 Å². The number of para-hydroxylation sites is 1. The van der Waals surface area contributed by atoms with Gasteiger partial charge < -0.3 is 19.9 Å². The van der Waals surface area contributed by atoms with Crippen molar-refractivity contribution in [2.45, 2.75) is 13.2 Å². The molecule has 4 rings (SSSR count). The third-order valence-corrected chi connectivity index (χ3v) is 4.26. The summed E-state index contributed by atoms with van der Waals surface area (Å²) >= 11 is 0. The van der Waals surface area contributed by atoms with Crippen LogP contribution in [0.5, 0.6) is 5.88 Å². The summed E-state index contributed by atoms with van der Waals surface area (Å²) in [6.07, 6.45) is -0.349. The van der Waals surface area contributed by atoms with Crippen molar-refractivity contribution in [2.24, 2.45) is 0 Å². The molecule has 0 radical (unpaired) electrons. The number of ether oxygens (including phenoxy) is 2. The topological polar surface area (TPSA) is 111 Å². The van der Waals surface area contributed by atoms with Gasteiger partial charge in [0.25, 0.3) is 0 Å². The number of hydrogen-bond donors (Lipinski definition) is 2. The molecule has 0 aliphatic carbocycles. The molecule has 28 heavy (non-hydrogen) atoms. The summed E-state index contributed by atoms with van der Waals surface area (Å²) in [5.74, 6) is 0.736. The van der Waals surface area contributed by atoms with Crippen LogP contribution in [-0.4, -0.2) is 44.3 Å². The Balaban J connectivity index is 1.88. The molecule has 9 nitrogen and oxygen atoms in total. The van der Waals surface area contributed by atoms with Crippen LogP contribution >= 0.6 is 0 Å². The second kappa shape index (κ2) is 7.12. The van der Waals surface area contributed by atoms with Crippen molar-refractivity contribution in [3.8, 4) is 5.88 Å². The number of carboxylic acid groups (broad SMARTS) is 1. The summed E-state index contributed by atoms with van der Waals surface area (Å²) in [6.45, 7) is 1.69. The Labute approximate surface area is 159 Å². The Morgan fingerprint density at radius 3 is 2.79 bits per heavy atom. The van der Waals surface area contributed by atoms with E-state index >= 15 is 0 Å². The predicted octanol–water partition coefficient (Wildman–Crippen LogP) is 3.62. The average Bonchev–Trinajstić information content (AvgIpc) is 3.08. The number of anilines is 2. The summed E-state index contributed by atoms with van der Waals surface area (Å²) < 4.78 is 11.7. The van der Waals surface area contributed by atoms with E-state index in [-0.39, 0.29) is 5.88 Å². The molecule has 2 aromatic heterocycles. The summed E-state index contributed by atoms with van der Waals surface area (Å²) in [5.41, 5.74) is 1.78. The maximum absolute atomic E-state index is 11.6. The van der Waals surface area contributed by atoms with Crippen LogP contribution in [0, 0.1) is 0 Å². The van der Waals surface area contributed by atoms with Gasteiger partial charge in [-0.1, -0.05) is 18.2 Å². The number of rotatable bonds is 5. The number of nitrogens with one attached hydrogen (secondary N) is 1. The fourth-order valence-electron chi connectivity index (χ4n) is 2.91. The molecule has 142 valence electrons. The predicted molar refractivity (Wildman–Crippen MR) is 103 cm³/mol. The third-order valence-electron chi connectivity index (χ3n) is 4.26. The standard InChI is InChI=1S/C19H17N5O4/c1-11(27-2)28-18-16-14(8-5-9-15(16)24(23-18)19(25)26)22-17-12-6-3-4-7-13(12)20-10-21-17/h3-11H,1-2H3,(H,25,26)(H,20,21,22). The Bertz CT molecular complexity index is 1170. The maximum atomic E-state index is 11.6. The smallest absolute Gasteiger partial charge is 0.432 e. The molecule has 2 heterocycles. The van der Waals surface area contributed by atoms with E-state index in [4.69, 9.17) is 9.47 Å². The van der Waals surface area contributed by atoms with E-state index in [2.05, 4.69) is 20.4 Å². The highest BCUT2D eigenvalue weighted by Crippen LogP contribution is 2.35. The highest BCUT2D eigenvalue weighted by atomic mass is 16.7. The van der Waals surface area contributed by atoms with Crippen LogP contribution in [0.3, 0.4) is 0 Å². The Hall–Kier alpha value is -3.72. The molecule has 0 fully saturated rings. The molecule has 0 bridgehead atoms. The lowest BCUT2D eigenvalue weighted by atomic mass is 10.2. The molecule has 0 amide bonds. The molecule has 1 atom stereocenters. The van der Waals surface area contributed by atoms with Crippen LogP contribution in [-0.2, 0) is 4.74 Å². The summed E-state index contributed by atoms with van der Waals surface area (Å²) in [6, 6.07) is 12.8. The molecule has 9 heteroatoms. The fraction of sp³-hybridized carbons (Fsp3) is 0.158. The van der Waals surface area contributed by atoms with E-state index in [9.17, 15) is 9.90 Å². The zero-order valence-corrected chi connectivity index (χ0v) is 15.2. The van der Waals surface area contributed by atoms with E-state index < -0.39 is 12.4 Å². The molecule has 0 saturated heterocycles. The minimum absolute atomic E-state index is 0.146. The second-order valence-corrected chi connectivity index (χ2v) is 5.98. The Morgan fingerprint density at radius 1 is 1.18 bits per heavy atom. The lowest BCUT2D eigenvalue weighted by molar-refractivity contribution is -0.0403. The zero-order chi connectivity index (χ0) is 19.7. The first-order valence-electron chi connectivity index (χ1n) is 8.49. The van der Waals surface area contributed by atoms with Crippen molar-refractivity contribution in [3.05, 3.63) is 48.8 Å². The van der Waals surface area contributed by atoms with Crippen molar-refractivity contribution in [3.63, 3.8) is 0 Å². The molecule has 1 unspecified atom stereocenters. The fourth-order valence-corrected chi connectivity index (χ4v) is 2.91. The van der Waals surface area contributed by atoms with Crippen LogP contribution < -0.4 is 10.1 Å². The van der Waals surface area contributed by atoms with Crippen molar-refractivity contribution < 1.29 is 19.4 Å². The van der Waals surface area contributed by atoms with Gasteiger partial charge >= 0.3 is 6.09 Å². The highest BCUT2D eigenvalue weighted by Gasteiger charge is 2.21. The van der Waals surface area contributed by atoms with Gasteiger partial charge in [-0.25, -0.2) is 14.8 Å². The molecule has 2 aromatic carbocycles. The van der Waals surface area contributed by atoms with Crippen LogP contribution in [0.4, 0.5) is 16.3 Å². The van der Waals surface area contributed by atoms with Gasteiger partial charge in [0.05, 0.1) is 22.1 Å². The molecule has 0 aliphatic heterocycles. The minimum atomic E-state index is -1.21. The lowest BCUT2D eigenvalue weighted by Crippen LogP contribution is -2.15. The number of fused-ring (bicyclic) bond motifs is 2. The normalized spacial score (nSPS) is 12.2. The van der Waals surface area contributed by atoms with E-state index in [0.717, 1.165) is 15.6 Å². The lowest BCUT2D eigenvalue weighted by Gasteiger charge is -2.13. The first kappa shape index (κ1) is 17.7. The van der Waals surface area contributed by atoms with Gasteiger partial charge in [0.2, 0.25) is 5.88 Å². The quantitative estimate of drug-likeness (QED) is 0.506. The van der Waals surface area contributed by atoms with Crippen molar-refractivity contribution >= 4 is 39.4 Å². The zero-order valence-electron chi connectivity index (χ0n) is 15.2. The molecule has 0 spiro atoms. The third kappa shape index (κ3) is 3.08. The van der Waals surface area contributed by atoms with Gasteiger partial charge in [0.15, 0.2) is 6.29 Å². The van der Waals surface area contributed by atoms with Gasteiger partial charge in [-0.05, 0) is 31.2 Å². The molecule has 0 aliphatic rings. The van der Waals surface area contributed by atoms with Gasteiger partial charge in [0.1, 0.15) is 12.1 Å². The van der Waals surface area contributed by atoms with Crippen molar-refractivity contribution in [1.29, 1.82) is 0 Å². The first-order chi connectivity index (χ1) is 13.6. The molecule has 2 N–H and O–H groups in total. The molecular formula is C19H17N5O4. The highest BCUT2D eigenvalue weighted by molar-refractivity contribution is 6.02.